The highest BCUT2D eigenvalue weighted by atomic mass is 16.5. The summed E-state index contributed by atoms with van der Waals surface area (Å²) in [5.41, 5.74) is 8.59. The van der Waals surface area contributed by atoms with Crippen LogP contribution in [0.1, 0.15) is 33.6 Å². The van der Waals surface area contributed by atoms with Gasteiger partial charge in [-0.05, 0) is 25.7 Å². The van der Waals surface area contributed by atoms with E-state index in [4.69, 9.17) is 5.73 Å². The van der Waals surface area contributed by atoms with Crippen molar-refractivity contribution >= 4 is 17.8 Å². The van der Waals surface area contributed by atoms with Crippen molar-refractivity contribution in [2.24, 2.45) is 11.7 Å². The quantitative estimate of drug-likeness (QED) is 0.569. The first-order chi connectivity index (χ1) is 10.3. The highest BCUT2D eigenvalue weighted by Crippen LogP contribution is 2.10. The molecule has 0 bridgehead atoms. The summed E-state index contributed by atoms with van der Waals surface area (Å²) in [7, 11) is 1.31. The van der Waals surface area contributed by atoms with Gasteiger partial charge in [0.2, 0.25) is 5.91 Å². The third-order valence-electron chi connectivity index (χ3n) is 3.69. The lowest BCUT2D eigenvalue weighted by Gasteiger charge is -2.34. The molecule has 1 heterocycles. The van der Waals surface area contributed by atoms with Crippen LogP contribution in [0.15, 0.2) is 0 Å². The number of methoxy groups -OCH3 is 1. The zero-order valence-corrected chi connectivity index (χ0v) is 13.6. The molecule has 0 aromatic carbocycles. The van der Waals surface area contributed by atoms with Gasteiger partial charge in [-0.25, -0.2) is 5.43 Å². The van der Waals surface area contributed by atoms with E-state index in [9.17, 15) is 14.4 Å². The van der Waals surface area contributed by atoms with E-state index in [0.717, 1.165) is 0 Å². The Labute approximate surface area is 130 Å². The number of ether oxygens (including phenoxy) is 1. The summed E-state index contributed by atoms with van der Waals surface area (Å²) in [5.74, 6) is -1.09. The van der Waals surface area contributed by atoms with Gasteiger partial charge in [-0.2, -0.15) is 0 Å². The zero-order valence-electron chi connectivity index (χ0n) is 13.6. The Morgan fingerprint density at radius 3 is 2.50 bits per heavy atom. The molecular formula is C14H26N4O4. The minimum absolute atomic E-state index is 0.0147. The number of carbonyl (C=O) groups is 3. The molecule has 1 rings (SSSR count). The third kappa shape index (κ3) is 4.67. The van der Waals surface area contributed by atoms with E-state index in [1.165, 1.54) is 12.1 Å². The van der Waals surface area contributed by atoms with Crippen molar-refractivity contribution in [2.45, 2.75) is 51.7 Å². The predicted octanol–water partition coefficient (Wildman–Crippen LogP) is -0.857. The molecule has 0 spiro atoms. The van der Waals surface area contributed by atoms with E-state index in [-0.39, 0.29) is 17.7 Å². The maximum atomic E-state index is 12.3. The van der Waals surface area contributed by atoms with Crippen molar-refractivity contribution in [3.63, 3.8) is 0 Å². The average Bonchev–Trinajstić information content (AvgIpc) is 2.52. The second-order valence-corrected chi connectivity index (χ2v) is 5.84. The highest BCUT2D eigenvalue weighted by molar-refractivity contribution is 5.89. The van der Waals surface area contributed by atoms with Gasteiger partial charge in [0.05, 0.1) is 13.2 Å². The molecule has 2 amide bonds. The summed E-state index contributed by atoms with van der Waals surface area (Å²) in [6.45, 7) is 5.74. The number of hydrazine groups is 1. The maximum absolute atomic E-state index is 12.3. The first kappa shape index (κ1) is 18.4. The van der Waals surface area contributed by atoms with Crippen LogP contribution in [-0.2, 0) is 19.1 Å². The first-order valence-corrected chi connectivity index (χ1v) is 7.49. The van der Waals surface area contributed by atoms with Gasteiger partial charge in [0.1, 0.15) is 12.1 Å². The molecule has 3 atom stereocenters. The number of nitrogens with two attached hydrogens (primary N) is 1. The zero-order chi connectivity index (χ0) is 16.9. The van der Waals surface area contributed by atoms with Crippen LogP contribution in [0, 0.1) is 5.92 Å². The standard InChI is InChI=1S/C14H26N4O4/c1-8(2)11(15)12(19)16-9(3)13(20)18-7-5-6-10(17-18)14(21)22-4/h8-11,17H,5-7,15H2,1-4H3,(H,16,19)/t9-,10-,11-/m0/s1. The van der Waals surface area contributed by atoms with E-state index in [1.54, 1.807) is 6.92 Å². The summed E-state index contributed by atoms with van der Waals surface area (Å²) in [6, 6.07) is -1.92. The Morgan fingerprint density at radius 2 is 1.95 bits per heavy atom. The smallest absolute Gasteiger partial charge is 0.324 e. The molecule has 8 heteroatoms. The molecule has 8 nitrogen and oxygen atoms in total. The molecule has 126 valence electrons. The lowest BCUT2D eigenvalue weighted by atomic mass is 10.0. The Kier molecular flexibility index (Phi) is 6.76. The summed E-state index contributed by atoms with van der Waals surface area (Å²) in [4.78, 5) is 35.8. The van der Waals surface area contributed by atoms with Crippen molar-refractivity contribution in [1.82, 2.24) is 15.8 Å². The van der Waals surface area contributed by atoms with Gasteiger partial charge in [-0.15, -0.1) is 0 Å². The van der Waals surface area contributed by atoms with E-state index in [1.807, 2.05) is 13.8 Å². The second kappa shape index (κ2) is 8.09. The van der Waals surface area contributed by atoms with Crippen molar-refractivity contribution in [2.75, 3.05) is 13.7 Å². The molecule has 1 fully saturated rings. The number of nitrogens with zero attached hydrogens (tertiary/aromatic N) is 1. The number of amides is 2. The van der Waals surface area contributed by atoms with Gasteiger partial charge >= 0.3 is 5.97 Å². The van der Waals surface area contributed by atoms with E-state index >= 15 is 0 Å². The highest BCUT2D eigenvalue weighted by Gasteiger charge is 2.31. The molecule has 22 heavy (non-hydrogen) atoms. The Bertz CT molecular complexity index is 427. The average molecular weight is 314 g/mol. The summed E-state index contributed by atoms with van der Waals surface area (Å²) in [5, 5.41) is 3.96. The molecule has 1 saturated heterocycles. The fourth-order valence-electron chi connectivity index (χ4n) is 2.17. The maximum Gasteiger partial charge on any atom is 0.324 e. The van der Waals surface area contributed by atoms with Crippen LogP contribution in [0.2, 0.25) is 0 Å². The van der Waals surface area contributed by atoms with Gasteiger partial charge in [-0.3, -0.25) is 19.4 Å². The fraction of sp³-hybridized carbons (Fsp3) is 0.786. The van der Waals surface area contributed by atoms with Gasteiger partial charge < -0.3 is 15.8 Å². The van der Waals surface area contributed by atoms with Gasteiger partial charge in [0, 0.05) is 6.54 Å². The minimum atomic E-state index is -0.721. The van der Waals surface area contributed by atoms with Gasteiger partial charge in [-0.1, -0.05) is 13.8 Å². The first-order valence-electron chi connectivity index (χ1n) is 7.49. The number of esters is 1. The molecule has 0 aromatic heterocycles. The van der Waals surface area contributed by atoms with E-state index in [2.05, 4.69) is 15.5 Å². The van der Waals surface area contributed by atoms with Crippen LogP contribution >= 0.6 is 0 Å². The van der Waals surface area contributed by atoms with E-state index in [0.29, 0.717) is 19.4 Å². The Balaban J connectivity index is 2.59. The second-order valence-electron chi connectivity index (χ2n) is 5.84. The number of carbonyl (C=O) groups excluding carboxylic acids is 3. The molecule has 0 aliphatic carbocycles. The lowest BCUT2D eigenvalue weighted by Crippen LogP contribution is -2.60. The molecular weight excluding hydrogens is 288 g/mol. The van der Waals surface area contributed by atoms with Gasteiger partial charge in [0.15, 0.2) is 0 Å². The van der Waals surface area contributed by atoms with E-state index < -0.39 is 24.1 Å². The molecule has 0 radical (unpaired) electrons. The van der Waals surface area contributed by atoms with Crippen LogP contribution in [-0.4, -0.2) is 54.6 Å². The van der Waals surface area contributed by atoms with Crippen molar-refractivity contribution in [3.8, 4) is 0 Å². The monoisotopic (exact) mass is 314 g/mol. The summed E-state index contributed by atoms with van der Waals surface area (Å²) in [6.07, 6.45) is 1.29. The molecule has 0 unspecified atom stereocenters. The van der Waals surface area contributed by atoms with Crippen molar-refractivity contribution < 1.29 is 19.1 Å². The Hall–Kier alpha value is -1.67. The largest absolute Gasteiger partial charge is 0.468 e. The van der Waals surface area contributed by atoms with Crippen LogP contribution in [0.4, 0.5) is 0 Å². The number of hydrogen-bond acceptors (Lipinski definition) is 6. The lowest BCUT2D eigenvalue weighted by molar-refractivity contribution is -0.150. The summed E-state index contributed by atoms with van der Waals surface area (Å²) >= 11 is 0. The number of rotatable bonds is 5. The van der Waals surface area contributed by atoms with Crippen molar-refractivity contribution in [1.29, 1.82) is 0 Å². The van der Waals surface area contributed by atoms with Crippen LogP contribution in [0.3, 0.4) is 0 Å². The fourth-order valence-corrected chi connectivity index (χ4v) is 2.17. The van der Waals surface area contributed by atoms with Crippen LogP contribution in [0.25, 0.3) is 0 Å². The summed E-state index contributed by atoms with van der Waals surface area (Å²) < 4.78 is 4.67. The normalized spacial score (nSPS) is 21.2. The van der Waals surface area contributed by atoms with Crippen LogP contribution in [0.5, 0.6) is 0 Å². The van der Waals surface area contributed by atoms with Gasteiger partial charge in [0.25, 0.3) is 5.91 Å². The molecule has 0 saturated carbocycles. The SMILES string of the molecule is COC(=O)[C@@H]1CCCN(C(=O)[C@H](C)NC(=O)[C@@H](N)C(C)C)N1. The molecule has 4 N–H and O–H groups in total. The topological polar surface area (TPSA) is 114 Å². The third-order valence-corrected chi connectivity index (χ3v) is 3.69. The Morgan fingerprint density at radius 1 is 1.32 bits per heavy atom. The predicted molar refractivity (Wildman–Crippen MR) is 80.3 cm³/mol. The molecule has 1 aliphatic rings. The number of nitrogens with one attached hydrogen (secondary N) is 2. The molecule has 1 aliphatic heterocycles. The minimum Gasteiger partial charge on any atom is -0.468 e. The van der Waals surface area contributed by atoms with Crippen molar-refractivity contribution in [3.05, 3.63) is 0 Å². The molecule has 0 aromatic rings. The van der Waals surface area contributed by atoms with Crippen LogP contribution < -0.4 is 16.5 Å². The number of hydrogen-bond donors (Lipinski definition) is 3.